The Hall–Kier alpha value is -3.81. The number of pyridine rings is 2. The zero-order valence-electron chi connectivity index (χ0n) is 16.3. The molecule has 2 N–H and O–H groups in total. The molecule has 8 heteroatoms. The molecule has 3 aromatic rings. The molecule has 0 spiro atoms. The van der Waals surface area contributed by atoms with Gasteiger partial charge in [0.1, 0.15) is 12.4 Å². The molecule has 7 nitrogen and oxygen atoms in total. The van der Waals surface area contributed by atoms with Crippen molar-refractivity contribution in [2.24, 2.45) is 0 Å². The normalized spacial score (nSPS) is 11.5. The Morgan fingerprint density at radius 1 is 1.10 bits per heavy atom. The summed E-state index contributed by atoms with van der Waals surface area (Å²) in [4.78, 5) is 41.0. The van der Waals surface area contributed by atoms with Crippen molar-refractivity contribution in [3.63, 3.8) is 0 Å². The van der Waals surface area contributed by atoms with Crippen molar-refractivity contribution in [2.75, 3.05) is 0 Å². The first-order valence-electron chi connectivity index (χ1n) is 9.36. The molecule has 0 saturated heterocycles. The van der Waals surface area contributed by atoms with Crippen molar-refractivity contribution in [3.8, 4) is 0 Å². The fraction of sp³-hybridized carbons (Fsp3) is 0.182. The molecule has 30 heavy (non-hydrogen) atoms. The number of nitrogens with zero attached hydrogens (tertiary/aromatic N) is 2. The van der Waals surface area contributed by atoms with Gasteiger partial charge in [0.15, 0.2) is 0 Å². The molecule has 2 aromatic heterocycles. The van der Waals surface area contributed by atoms with E-state index in [1.165, 1.54) is 35.0 Å². The molecule has 0 saturated carbocycles. The fourth-order valence-electron chi connectivity index (χ4n) is 2.82. The highest BCUT2D eigenvalue weighted by Crippen LogP contribution is 2.08. The predicted molar refractivity (Wildman–Crippen MR) is 109 cm³/mol. The number of benzene rings is 1. The first kappa shape index (κ1) is 20.9. The minimum absolute atomic E-state index is 0.209. The van der Waals surface area contributed by atoms with Gasteiger partial charge in [-0.1, -0.05) is 18.2 Å². The van der Waals surface area contributed by atoms with Gasteiger partial charge in [-0.2, -0.15) is 0 Å². The van der Waals surface area contributed by atoms with Gasteiger partial charge in [-0.15, -0.1) is 0 Å². The molecule has 2 amide bonds. The van der Waals surface area contributed by atoms with Crippen molar-refractivity contribution in [3.05, 3.63) is 100.0 Å². The molecule has 0 aliphatic carbocycles. The maximum atomic E-state index is 13.0. The van der Waals surface area contributed by atoms with Gasteiger partial charge in [-0.05, 0) is 42.8 Å². The molecular formula is C22H21FN4O3. The van der Waals surface area contributed by atoms with E-state index in [-0.39, 0.29) is 36.4 Å². The van der Waals surface area contributed by atoms with Crippen LogP contribution < -0.4 is 16.2 Å². The smallest absolute Gasteiger partial charge is 0.253 e. The van der Waals surface area contributed by atoms with Crippen LogP contribution >= 0.6 is 0 Å². The van der Waals surface area contributed by atoms with Crippen LogP contribution in [0.2, 0.25) is 0 Å². The van der Waals surface area contributed by atoms with Crippen molar-refractivity contribution >= 4 is 11.8 Å². The molecule has 0 radical (unpaired) electrons. The van der Waals surface area contributed by atoms with E-state index in [2.05, 4.69) is 15.6 Å². The van der Waals surface area contributed by atoms with Crippen LogP contribution in [-0.2, 0) is 17.9 Å². The SMILES string of the molecule is CC(NC(=O)Cn1cc(C(=O)NCc2ccc(F)cc2)ccc1=O)c1ccccn1. The number of amides is 2. The van der Waals surface area contributed by atoms with Crippen LogP contribution in [0.25, 0.3) is 0 Å². The Kier molecular flexibility index (Phi) is 6.69. The van der Waals surface area contributed by atoms with Gasteiger partial charge in [-0.3, -0.25) is 19.4 Å². The van der Waals surface area contributed by atoms with Gasteiger partial charge < -0.3 is 15.2 Å². The van der Waals surface area contributed by atoms with Gasteiger partial charge >= 0.3 is 0 Å². The van der Waals surface area contributed by atoms with Crippen molar-refractivity contribution in [1.29, 1.82) is 0 Å². The number of hydrogen-bond donors (Lipinski definition) is 2. The Bertz CT molecular complexity index is 1080. The molecule has 154 valence electrons. The van der Waals surface area contributed by atoms with Crippen LogP contribution in [0.3, 0.4) is 0 Å². The zero-order valence-corrected chi connectivity index (χ0v) is 16.3. The lowest BCUT2D eigenvalue weighted by molar-refractivity contribution is -0.122. The minimum Gasteiger partial charge on any atom is -0.348 e. The molecule has 0 aliphatic rings. The van der Waals surface area contributed by atoms with E-state index in [4.69, 9.17) is 0 Å². The Morgan fingerprint density at radius 3 is 2.57 bits per heavy atom. The van der Waals surface area contributed by atoms with Gasteiger partial charge in [0.25, 0.3) is 11.5 Å². The van der Waals surface area contributed by atoms with Gasteiger partial charge in [0.2, 0.25) is 5.91 Å². The summed E-state index contributed by atoms with van der Waals surface area (Å²) in [7, 11) is 0. The van der Waals surface area contributed by atoms with Crippen LogP contribution in [0.5, 0.6) is 0 Å². The summed E-state index contributed by atoms with van der Waals surface area (Å²) in [5.41, 5.74) is 1.28. The van der Waals surface area contributed by atoms with Gasteiger partial charge in [0, 0.05) is 25.0 Å². The molecule has 1 unspecified atom stereocenters. The number of nitrogens with one attached hydrogen (secondary N) is 2. The number of aromatic nitrogens is 2. The first-order valence-corrected chi connectivity index (χ1v) is 9.36. The highest BCUT2D eigenvalue weighted by Gasteiger charge is 2.13. The quantitative estimate of drug-likeness (QED) is 0.627. The Labute approximate surface area is 172 Å². The number of carbonyl (C=O) groups excluding carboxylic acids is 2. The Balaban J connectivity index is 1.62. The largest absolute Gasteiger partial charge is 0.348 e. The number of halogens is 1. The van der Waals surface area contributed by atoms with E-state index in [0.29, 0.717) is 5.69 Å². The molecule has 1 atom stereocenters. The summed E-state index contributed by atoms with van der Waals surface area (Å²) in [6.07, 6.45) is 2.98. The topological polar surface area (TPSA) is 93.1 Å². The second-order valence-electron chi connectivity index (χ2n) is 6.74. The number of carbonyl (C=O) groups is 2. The Morgan fingerprint density at radius 2 is 1.87 bits per heavy atom. The average Bonchev–Trinajstić information content (AvgIpc) is 2.75. The lowest BCUT2D eigenvalue weighted by Crippen LogP contribution is -2.34. The van der Waals surface area contributed by atoms with Crippen LogP contribution in [0.15, 0.2) is 71.8 Å². The van der Waals surface area contributed by atoms with E-state index in [1.807, 2.05) is 6.07 Å². The maximum Gasteiger partial charge on any atom is 0.253 e. The summed E-state index contributed by atoms with van der Waals surface area (Å²) in [5.74, 6) is -1.14. The second kappa shape index (κ2) is 9.60. The third-order valence-corrected chi connectivity index (χ3v) is 4.43. The fourth-order valence-corrected chi connectivity index (χ4v) is 2.82. The molecule has 3 rings (SSSR count). The average molecular weight is 408 g/mol. The van der Waals surface area contributed by atoms with Crippen LogP contribution in [0.1, 0.15) is 34.6 Å². The molecular weight excluding hydrogens is 387 g/mol. The zero-order chi connectivity index (χ0) is 21.5. The standard InChI is InChI=1S/C22H21FN4O3/c1-15(19-4-2-3-11-24-19)26-20(28)14-27-13-17(7-10-21(27)29)22(30)25-12-16-5-8-18(23)9-6-16/h2-11,13,15H,12,14H2,1H3,(H,25,30)(H,26,28). The number of rotatable bonds is 7. The molecule has 0 fully saturated rings. The number of hydrogen-bond acceptors (Lipinski definition) is 4. The van der Waals surface area contributed by atoms with Crippen molar-refractivity contribution in [2.45, 2.75) is 26.1 Å². The summed E-state index contributed by atoms with van der Waals surface area (Å²) in [6.45, 7) is 1.78. The monoisotopic (exact) mass is 408 g/mol. The van der Waals surface area contributed by atoms with E-state index >= 15 is 0 Å². The molecule has 0 bridgehead atoms. The van der Waals surface area contributed by atoms with Crippen molar-refractivity contribution < 1.29 is 14.0 Å². The first-order chi connectivity index (χ1) is 14.4. The third kappa shape index (κ3) is 5.60. The molecule has 1 aromatic carbocycles. The minimum atomic E-state index is -0.407. The van der Waals surface area contributed by atoms with Crippen LogP contribution in [-0.4, -0.2) is 21.4 Å². The van der Waals surface area contributed by atoms with E-state index in [9.17, 15) is 18.8 Å². The lowest BCUT2D eigenvalue weighted by Gasteiger charge is -2.14. The summed E-state index contributed by atoms with van der Waals surface area (Å²) < 4.78 is 14.1. The van der Waals surface area contributed by atoms with Crippen LogP contribution in [0, 0.1) is 5.82 Å². The highest BCUT2D eigenvalue weighted by atomic mass is 19.1. The maximum absolute atomic E-state index is 13.0. The lowest BCUT2D eigenvalue weighted by atomic mass is 10.2. The van der Waals surface area contributed by atoms with Crippen LogP contribution in [0.4, 0.5) is 4.39 Å². The molecule has 2 heterocycles. The second-order valence-corrected chi connectivity index (χ2v) is 6.74. The van der Waals surface area contributed by atoms with E-state index in [0.717, 1.165) is 5.56 Å². The van der Waals surface area contributed by atoms with Crippen molar-refractivity contribution in [1.82, 2.24) is 20.2 Å². The van der Waals surface area contributed by atoms with E-state index in [1.54, 1.807) is 37.4 Å². The highest BCUT2D eigenvalue weighted by molar-refractivity contribution is 5.93. The third-order valence-electron chi connectivity index (χ3n) is 4.43. The summed E-state index contributed by atoms with van der Waals surface area (Å²) in [6, 6.07) is 13.5. The summed E-state index contributed by atoms with van der Waals surface area (Å²) >= 11 is 0. The molecule has 0 aliphatic heterocycles. The predicted octanol–water partition coefficient (Wildman–Crippen LogP) is 2.19. The van der Waals surface area contributed by atoms with Gasteiger partial charge in [0.05, 0.1) is 17.3 Å². The summed E-state index contributed by atoms with van der Waals surface area (Å²) in [5, 5.41) is 5.48. The van der Waals surface area contributed by atoms with E-state index < -0.39 is 11.5 Å². The van der Waals surface area contributed by atoms with Gasteiger partial charge in [-0.25, -0.2) is 4.39 Å².